The summed E-state index contributed by atoms with van der Waals surface area (Å²) in [6.07, 6.45) is -2.77. The molecule has 6 nitrogen and oxygen atoms in total. The molecule has 0 atom stereocenters. The molecule has 2 heterocycles. The zero-order valence-electron chi connectivity index (χ0n) is 17.6. The van der Waals surface area contributed by atoms with Gasteiger partial charge in [0.2, 0.25) is 0 Å². The van der Waals surface area contributed by atoms with E-state index in [1.807, 2.05) is 31.2 Å². The minimum atomic E-state index is -4.35. The Morgan fingerprint density at radius 2 is 1.76 bits per heavy atom. The Labute approximate surface area is 191 Å². The van der Waals surface area contributed by atoms with Crippen molar-refractivity contribution in [2.45, 2.75) is 32.5 Å². The fourth-order valence-electron chi connectivity index (χ4n) is 3.22. The second kappa shape index (κ2) is 9.72. The highest BCUT2D eigenvalue weighted by molar-refractivity contribution is 7.15. The molecule has 4 aromatic rings. The van der Waals surface area contributed by atoms with E-state index in [2.05, 4.69) is 19.6 Å². The van der Waals surface area contributed by atoms with Crippen molar-refractivity contribution in [3.05, 3.63) is 80.8 Å². The molecular formula is C23H20F3N3O3S. The second-order valence-corrected chi connectivity index (χ2v) is 8.48. The largest absolute Gasteiger partial charge is 0.439 e. The predicted octanol–water partition coefficient (Wildman–Crippen LogP) is 5.63. The molecule has 1 N–H and O–H groups in total. The first kappa shape index (κ1) is 22.9. The molecule has 172 valence electrons. The molecule has 2 aromatic carbocycles. The van der Waals surface area contributed by atoms with Gasteiger partial charge in [0.25, 0.3) is 0 Å². The van der Waals surface area contributed by atoms with E-state index in [-0.39, 0.29) is 0 Å². The molecular weight excluding hydrogens is 455 g/mol. The smallest absolute Gasteiger partial charge is 0.377 e. The zero-order valence-corrected chi connectivity index (χ0v) is 18.4. The molecule has 0 aliphatic heterocycles. The summed E-state index contributed by atoms with van der Waals surface area (Å²) in [5, 5.41) is 4.36. The Morgan fingerprint density at radius 1 is 1.06 bits per heavy atom. The van der Waals surface area contributed by atoms with E-state index in [9.17, 15) is 18.0 Å². The van der Waals surface area contributed by atoms with Crippen LogP contribution in [0.2, 0.25) is 0 Å². The molecule has 0 aliphatic rings. The second-order valence-electron chi connectivity index (χ2n) is 7.40. The lowest BCUT2D eigenvalue weighted by Gasteiger charge is -2.06. The van der Waals surface area contributed by atoms with Gasteiger partial charge < -0.3 is 4.74 Å². The van der Waals surface area contributed by atoms with Crippen LogP contribution in [0.15, 0.2) is 57.8 Å². The molecule has 0 radical (unpaired) electrons. The molecule has 0 bridgehead atoms. The third-order valence-electron chi connectivity index (χ3n) is 4.98. The fraction of sp³-hybridized carbons (Fsp3) is 0.261. The lowest BCUT2D eigenvalue weighted by atomic mass is 10.1. The number of benzene rings is 2. The van der Waals surface area contributed by atoms with Crippen LogP contribution in [0.1, 0.15) is 28.1 Å². The van der Waals surface area contributed by atoms with Crippen LogP contribution in [0.25, 0.3) is 22.0 Å². The van der Waals surface area contributed by atoms with Gasteiger partial charge in [-0.2, -0.15) is 13.2 Å². The molecule has 0 spiro atoms. The van der Waals surface area contributed by atoms with E-state index in [0.29, 0.717) is 29.6 Å². The van der Waals surface area contributed by atoms with Gasteiger partial charge in [-0.15, -0.1) is 11.3 Å². The van der Waals surface area contributed by atoms with Crippen LogP contribution in [0.3, 0.4) is 0 Å². The Morgan fingerprint density at radius 3 is 2.39 bits per heavy atom. The lowest BCUT2D eigenvalue weighted by Crippen LogP contribution is -2.03. The van der Waals surface area contributed by atoms with Crippen molar-refractivity contribution < 1.29 is 22.4 Å². The monoisotopic (exact) mass is 475 g/mol. The number of nitrogens with one attached hydrogen (secondary N) is 1. The number of aryl methyl sites for hydroxylation is 2. The topological polar surface area (TPSA) is 81.0 Å². The number of alkyl halides is 3. The highest BCUT2D eigenvalue weighted by atomic mass is 32.1. The van der Waals surface area contributed by atoms with Crippen molar-refractivity contribution in [1.82, 2.24) is 15.1 Å². The van der Waals surface area contributed by atoms with Crippen LogP contribution >= 0.6 is 11.3 Å². The number of halogens is 3. The van der Waals surface area contributed by atoms with E-state index >= 15 is 0 Å². The first-order valence-corrected chi connectivity index (χ1v) is 11.0. The first-order chi connectivity index (χ1) is 15.8. The standard InChI is InChI=1S/C23H20F3N3O3S/c1-14-19(33-21(27-14)17-8-10-18(11-9-17)23(24,25)26)3-2-12-31-13-15-4-6-16(7-5-15)20-28-22(30)32-29-20/h4-11H,2-3,12-13H2,1H3,(H,28,29,30). The maximum Gasteiger partial charge on any atom is 0.439 e. The van der Waals surface area contributed by atoms with Crippen LogP contribution in [0, 0.1) is 6.92 Å². The molecule has 4 rings (SSSR count). The van der Waals surface area contributed by atoms with Gasteiger partial charge in [-0.05, 0) is 37.5 Å². The Hall–Kier alpha value is -3.24. The fourth-order valence-corrected chi connectivity index (χ4v) is 4.33. The number of nitrogens with zero attached hydrogens (tertiary/aromatic N) is 2. The van der Waals surface area contributed by atoms with Crippen molar-refractivity contribution in [1.29, 1.82) is 0 Å². The molecule has 2 aromatic heterocycles. The van der Waals surface area contributed by atoms with Gasteiger partial charge in [-0.25, -0.2) is 9.78 Å². The van der Waals surface area contributed by atoms with Crippen LogP contribution in [0.4, 0.5) is 13.2 Å². The van der Waals surface area contributed by atoms with Gasteiger partial charge in [0.15, 0.2) is 5.82 Å². The molecule has 0 aliphatic carbocycles. The van der Waals surface area contributed by atoms with Crippen molar-refractivity contribution >= 4 is 11.3 Å². The number of hydrogen-bond acceptors (Lipinski definition) is 6. The summed E-state index contributed by atoms with van der Waals surface area (Å²) in [6.45, 7) is 2.92. The highest BCUT2D eigenvalue weighted by Crippen LogP contribution is 2.33. The summed E-state index contributed by atoms with van der Waals surface area (Å²) in [4.78, 5) is 19.1. The van der Waals surface area contributed by atoms with Gasteiger partial charge in [-0.3, -0.25) is 9.51 Å². The SMILES string of the molecule is Cc1nc(-c2ccc(C(F)(F)F)cc2)sc1CCCOCc1ccc(-c2noc(=O)[nH]2)cc1. The number of aromatic amines is 1. The quantitative estimate of drug-likeness (QED) is 0.334. The molecule has 0 saturated heterocycles. The minimum Gasteiger partial charge on any atom is -0.377 e. The first-order valence-electron chi connectivity index (χ1n) is 10.2. The summed E-state index contributed by atoms with van der Waals surface area (Å²) in [6, 6.07) is 12.5. The average Bonchev–Trinajstić information content (AvgIpc) is 3.39. The Kier molecular flexibility index (Phi) is 6.75. The number of hydrogen-bond donors (Lipinski definition) is 1. The lowest BCUT2D eigenvalue weighted by molar-refractivity contribution is -0.137. The maximum absolute atomic E-state index is 12.7. The molecule has 10 heteroatoms. The van der Waals surface area contributed by atoms with Crippen LogP contribution in [0.5, 0.6) is 0 Å². The zero-order chi connectivity index (χ0) is 23.4. The van der Waals surface area contributed by atoms with E-state index in [1.165, 1.54) is 23.5 Å². The molecule has 33 heavy (non-hydrogen) atoms. The summed E-state index contributed by atoms with van der Waals surface area (Å²) < 4.78 is 48.5. The summed E-state index contributed by atoms with van der Waals surface area (Å²) >= 11 is 1.49. The van der Waals surface area contributed by atoms with Crippen molar-refractivity contribution in [3.8, 4) is 22.0 Å². The van der Waals surface area contributed by atoms with Gasteiger partial charge in [0.1, 0.15) is 5.01 Å². The minimum absolute atomic E-state index is 0.378. The summed E-state index contributed by atoms with van der Waals surface area (Å²) in [5.74, 6) is -0.219. The number of aromatic nitrogens is 3. The summed E-state index contributed by atoms with van der Waals surface area (Å²) in [5.41, 5.74) is 2.63. The van der Waals surface area contributed by atoms with Crippen LogP contribution in [-0.4, -0.2) is 21.7 Å². The molecule has 0 unspecified atom stereocenters. The van der Waals surface area contributed by atoms with Crippen molar-refractivity contribution in [2.75, 3.05) is 6.61 Å². The predicted molar refractivity (Wildman–Crippen MR) is 118 cm³/mol. The Bertz CT molecular complexity index is 1260. The van der Waals surface area contributed by atoms with Gasteiger partial charge in [-0.1, -0.05) is 41.6 Å². The normalized spacial score (nSPS) is 11.8. The number of rotatable bonds is 8. The van der Waals surface area contributed by atoms with E-state index in [0.717, 1.165) is 46.7 Å². The van der Waals surface area contributed by atoms with E-state index < -0.39 is 17.5 Å². The number of ether oxygens (including phenoxy) is 1. The van der Waals surface area contributed by atoms with E-state index in [1.54, 1.807) is 0 Å². The molecule has 0 fully saturated rings. The van der Waals surface area contributed by atoms with Gasteiger partial charge in [0, 0.05) is 22.6 Å². The molecule has 0 amide bonds. The third-order valence-corrected chi connectivity index (χ3v) is 6.25. The third kappa shape index (κ3) is 5.77. The van der Waals surface area contributed by atoms with Gasteiger partial charge in [0.05, 0.1) is 17.9 Å². The number of thiazole rings is 1. The Balaban J connectivity index is 1.25. The van der Waals surface area contributed by atoms with Crippen molar-refractivity contribution in [3.63, 3.8) is 0 Å². The van der Waals surface area contributed by atoms with Crippen LogP contribution < -0.4 is 5.76 Å². The molecule has 0 saturated carbocycles. The summed E-state index contributed by atoms with van der Waals surface area (Å²) in [7, 11) is 0. The van der Waals surface area contributed by atoms with Crippen molar-refractivity contribution in [2.24, 2.45) is 0 Å². The van der Waals surface area contributed by atoms with Crippen LogP contribution in [-0.2, 0) is 23.9 Å². The van der Waals surface area contributed by atoms with E-state index in [4.69, 9.17) is 4.74 Å². The number of H-pyrrole nitrogens is 1. The average molecular weight is 475 g/mol. The van der Waals surface area contributed by atoms with Gasteiger partial charge >= 0.3 is 11.9 Å². The maximum atomic E-state index is 12.7. The highest BCUT2D eigenvalue weighted by Gasteiger charge is 2.30.